The van der Waals surface area contributed by atoms with Gasteiger partial charge < -0.3 is 14.5 Å². The first kappa shape index (κ1) is 23.2. The van der Waals surface area contributed by atoms with Crippen LogP contribution in [0.3, 0.4) is 0 Å². The average molecular weight is 492 g/mol. The maximum atomic E-state index is 6.17. The summed E-state index contributed by atoms with van der Waals surface area (Å²) in [6.07, 6.45) is 7.17. The van der Waals surface area contributed by atoms with Crippen LogP contribution in [0.15, 0.2) is 89.7 Å². The molecular formula is C30H29N5O2. The summed E-state index contributed by atoms with van der Waals surface area (Å²) in [7, 11) is 0. The molecule has 3 aromatic heterocycles. The van der Waals surface area contributed by atoms with Gasteiger partial charge in [0.25, 0.3) is 0 Å². The maximum absolute atomic E-state index is 6.17. The number of piperidine rings is 1. The number of furan rings is 1. The molecule has 7 nitrogen and oxygen atoms in total. The summed E-state index contributed by atoms with van der Waals surface area (Å²) in [6.45, 7) is 3.65. The van der Waals surface area contributed by atoms with E-state index in [2.05, 4.69) is 43.4 Å². The minimum atomic E-state index is 0.534. The smallest absolute Gasteiger partial charge is 0.152 e. The molecule has 0 atom stereocenters. The van der Waals surface area contributed by atoms with E-state index in [9.17, 15) is 0 Å². The van der Waals surface area contributed by atoms with E-state index >= 15 is 0 Å². The molecule has 0 unspecified atom stereocenters. The van der Waals surface area contributed by atoms with Crippen molar-refractivity contribution in [3.05, 3.63) is 96.6 Å². The van der Waals surface area contributed by atoms with Crippen LogP contribution in [-0.2, 0) is 13.2 Å². The van der Waals surface area contributed by atoms with E-state index in [0.717, 1.165) is 64.8 Å². The average Bonchev–Trinajstić information content (AvgIpc) is 3.42. The predicted molar refractivity (Wildman–Crippen MR) is 145 cm³/mol. The highest BCUT2D eigenvalue weighted by Gasteiger charge is 2.15. The lowest BCUT2D eigenvalue weighted by Gasteiger charge is -2.25. The number of fused-ring (bicyclic) bond motifs is 1. The van der Waals surface area contributed by atoms with E-state index < -0.39 is 0 Å². The van der Waals surface area contributed by atoms with E-state index in [0.29, 0.717) is 12.4 Å². The molecule has 4 heterocycles. The summed E-state index contributed by atoms with van der Waals surface area (Å²) in [5, 5.41) is 4.29. The van der Waals surface area contributed by atoms with Gasteiger partial charge in [-0.1, -0.05) is 36.8 Å². The Morgan fingerprint density at radius 2 is 1.70 bits per heavy atom. The molecule has 0 amide bonds. The van der Waals surface area contributed by atoms with Crippen molar-refractivity contribution in [3.63, 3.8) is 0 Å². The van der Waals surface area contributed by atoms with Crippen molar-refractivity contribution >= 4 is 22.4 Å². The van der Waals surface area contributed by atoms with Crippen LogP contribution in [0, 0.1) is 0 Å². The third-order valence-corrected chi connectivity index (χ3v) is 6.63. The van der Waals surface area contributed by atoms with Crippen LogP contribution in [0.2, 0.25) is 0 Å². The van der Waals surface area contributed by atoms with Crippen molar-refractivity contribution in [3.8, 4) is 17.2 Å². The van der Waals surface area contributed by atoms with Gasteiger partial charge in [-0.05, 0) is 74.0 Å². The van der Waals surface area contributed by atoms with Crippen molar-refractivity contribution in [2.45, 2.75) is 32.4 Å². The Hall–Kier alpha value is -4.23. The molecule has 0 spiro atoms. The molecule has 6 rings (SSSR count). The zero-order valence-electron chi connectivity index (χ0n) is 20.6. The lowest BCUT2D eigenvalue weighted by Crippen LogP contribution is -2.28. The molecular weight excluding hydrogens is 462 g/mol. The number of nitrogens with one attached hydrogen (secondary N) is 1. The Kier molecular flexibility index (Phi) is 6.77. The Balaban J connectivity index is 1.17. The summed E-state index contributed by atoms with van der Waals surface area (Å²) >= 11 is 0. The Bertz CT molecular complexity index is 1460. The van der Waals surface area contributed by atoms with Gasteiger partial charge in [-0.2, -0.15) is 0 Å². The van der Waals surface area contributed by atoms with E-state index in [1.807, 2.05) is 54.6 Å². The molecule has 1 fully saturated rings. The number of pyridine rings is 1. The summed E-state index contributed by atoms with van der Waals surface area (Å²) in [5.41, 5.74) is 3.58. The summed E-state index contributed by atoms with van der Waals surface area (Å²) < 4.78 is 12.1. The highest BCUT2D eigenvalue weighted by atomic mass is 16.5. The molecule has 37 heavy (non-hydrogen) atoms. The van der Waals surface area contributed by atoms with Crippen LogP contribution >= 0.6 is 0 Å². The zero-order valence-corrected chi connectivity index (χ0v) is 20.6. The SMILES string of the molecule is c1ccc(COc2ccc(Nc3ncnc4cnc(-c5ccc(CN6CCCCC6)o5)cc34)cc2)cc1. The van der Waals surface area contributed by atoms with Crippen LogP contribution in [0.1, 0.15) is 30.6 Å². The number of hydrogen-bond donors (Lipinski definition) is 1. The van der Waals surface area contributed by atoms with Crippen LogP contribution in [0.4, 0.5) is 11.5 Å². The monoisotopic (exact) mass is 491 g/mol. The van der Waals surface area contributed by atoms with Gasteiger partial charge in [0.05, 0.1) is 18.3 Å². The minimum absolute atomic E-state index is 0.534. The molecule has 0 aliphatic carbocycles. The number of aromatic nitrogens is 3. The predicted octanol–water partition coefficient (Wildman–Crippen LogP) is 6.59. The van der Waals surface area contributed by atoms with Gasteiger partial charge >= 0.3 is 0 Å². The third kappa shape index (κ3) is 5.62. The van der Waals surface area contributed by atoms with Gasteiger partial charge in [0, 0.05) is 11.1 Å². The number of benzene rings is 2. The second-order valence-electron chi connectivity index (χ2n) is 9.34. The molecule has 1 aliphatic rings. The molecule has 0 bridgehead atoms. The van der Waals surface area contributed by atoms with E-state index in [4.69, 9.17) is 9.15 Å². The van der Waals surface area contributed by atoms with Crippen molar-refractivity contribution in [1.82, 2.24) is 19.9 Å². The topological polar surface area (TPSA) is 76.3 Å². The first-order valence-electron chi connectivity index (χ1n) is 12.8. The number of anilines is 2. The zero-order chi connectivity index (χ0) is 24.9. The minimum Gasteiger partial charge on any atom is -0.489 e. The first-order chi connectivity index (χ1) is 18.3. The van der Waals surface area contributed by atoms with Gasteiger partial charge in [0.2, 0.25) is 0 Å². The first-order valence-corrected chi connectivity index (χ1v) is 12.8. The van der Waals surface area contributed by atoms with Crippen molar-refractivity contribution in [2.75, 3.05) is 18.4 Å². The fourth-order valence-electron chi connectivity index (χ4n) is 4.64. The molecule has 0 saturated carbocycles. The summed E-state index contributed by atoms with van der Waals surface area (Å²) in [6, 6.07) is 24.0. The maximum Gasteiger partial charge on any atom is 0.152 e. The Morgan fingerprint density at radius 3 is 2.54 bits per heavy atom. The van der Waals surface area contributed by atoms with Gasteiger partial charge in [-0.15, -0.1) is 0 Å². The largest absolute Gasteiger partial charge is 0.489 e. The van der Waals surface area contributed by atoms with E-state index in [-0.39, 0.29) is 0 Å². The van der Waals surface area contributed by atoms with E-state index in [1.165, 1.54) is 19.3 Å². The molecule has 186 valence electrons. The van der Waals surface area contributed by atoms with Gasteiger partial charge in [0.1, 0.15) is 36.0 Å². The van der Waals surface area contributed by atoms with Crippen molar-refractivity contribution in [2.24, 2.45) is 0 Å². The highest BCUT2D eigenvalue weighted by molar-refractivity contribution is 5.92. The van der Waals surface area contributed by atoms with Gasteiger partial charge in [-0.3, -0.25) is 9.88 Å². The molecule has 7 heteroatoms. The van der Waals surface area contributed by atoms with Gasteiger partial charge in [-0.25, -0.2) is 9.97 Å². The lowest BCUT2D eigenvalue weighted by molar-refractivity contribution is 0.206. The standard InChI is InChI=1S/C30H29N5O2/c1-3-7-22(8-4-1)20-36-24-11-9-23(10-12-24)34-30-26-17-27(31-18-28(26)32-21-33-30)29-14-13-25(37-29)19-35-15-5-2-6-16-35/h1,3-4,7-14,17-18,21H,2,5-6,15-16,19-20H2,(H,32,33,34). The molecule has 1 aliphatic heterocycles. The second kappa shape index (κ2) is 10.8. The van der Waals surface area contributed by atoms with Crippen LogP contribution in [0.5, 0.6) is 5.75 Å². The fourth-order valence-corrected chi connectivity index (χ4v) is 4.64. The number of ether oxygens (including phenoxy) is 1. The summed E-state index contributed by atoms with van der Waals surface area (Å²) in [5.74, 6) is 3.25. The number of hydrogen-bond acceptors (Lipinski definition) is 7. The second-order valence-corrected chi connectivity index (χ2v) is 9.34. The fraction of sp³-hybridized carbons (Fsp3) is 0.233. The van der Waals surface area contributed by atoms with E-state index in [1.54, 1.807) is 12.5 Å². The quantitative estimate of drug-likeness (QED) is 0.262. The summed E-state index contributed by atoms with van der Waals surface area (Å²) in [4.78, 5) is 15.9. The molecule has 0 radical (unpaired) electrons. The number of nitrogens with zero attached hydrogens (tertiary/aromatic N) is 4. The number of likely N-dealkylation sites (tertiary alicyclic amines) is 1. The molecule has 1 N–H and O–H groups in total. The normalized spacial score (nSPS) is 14.1. The van der Waals surface area contributed by atoms with Crippen LogP contribution < -0.4 is 10.1 Å². The Labute approximate surface area is 216 Å². The third-order valence-electron chi connectivity index (χ3n) is 6.63. The van der Waals surface area contributed by atoms with Crippen LogP contribution in [-0.4, -0.2) is 32.9 Å². The lowest BCUT2D eigenvalue weighted by atomic mass is 10.1. The number of rotatable bonds is 8. The van der Waals surface area contributed by atoms with Gasteiger partial charge in [0.15, 0.2) is 5.76 Å². The Morgan fingerprint density at radius 1 is 0.865 bits per heavy atom. The molecule has 1 saturated heterocycles. The molecule has 2 aromatic carbocycles. The van der Waals surface area contributed by atoms with Crippen molar-refractivity contribution in [1.29, 1.82) is 0 Å². The van der Waals surface area contributed by atoms with Crippen molar-refractivity contribution < 1.29 is 9.15 Å². The highest BCUT2D eigenvalue weighted by Crippen LogP contribution is 2.29. The molecule has 5 aromatic rings. The van der Waals surface area contributed by atoms with Crippen LogP contribution in [0.25, 0.3) is 22.4 Å².